The van der Waals surface area contributed by atoms with Crippen molar-refractivity contribution in [2.45, 2.75) is 24.6 Å². The Morgan fingerprint density at radius 2 is 2.40 bits per heavy atom. The minimum absolute atomic E-state index is 0.167. The molecular weight excluding hydrogens is 212 g/mol. The Bertz CT molecular complexity index is 231. The highest BCUT2D eigenvalue weighted by Gasteiger charge is 2.17. The Morgan fingerprint density at radius 1 is 1.60 bits per heavy atom. The molecule has 0 amide bonds. The van der Waals surface area contributed by atoms with E-state index in [0.717, 1.165) is 31.6 Å². The van der Waals surface area contributed by atoms with Gasteiger partial charge in [-0.2, -0.15) is 0 Å². The van der Waals surface area contributed by atoms with E-state index in [4.69, 9.17) is 16.7 Å². The molecule has 1 N–H and O–H groups in total. The minimum Gasteiger partial charge on any atom is -0.395 e. The van der Waals surface area contributed by atoms with Gasteiger partial charge in [0.1, 0.15) is 0 Å². The summed E-state index contributed by atoms with van der Waals surface area (Å²) in [5, 5.41) is 9.15. The van der Waals surface area contributed by atoms with Gasteiger partial charge < -0.3 is 10.0 Å². The van der Waals surface area contributed by atoms with Crippen molar-refractivity contribution in [1.29, 1.82) is 0 Å². The van der Waals surface area contributed by atoms with Crippen LogP contribution in [0, 0.1) is 0 Å². The van der Waals surface area contributed by atoms with Crippen LogP contribution in [-0.2, 0) is 0 Å². The fourth-order valence-electron chi connectivity index (χ4n) is 1.66. The molecule has 4 heteroatoms. The molecule has 0 radical (unpaired) electrons. The quantitative estimate of drug-likeness (QED) is 0.576. The van der Waals surface area contributed by atoms with Gasteiger partial charge in [0.2, 0.25) is 0 Å². The Labute approximate surface area is 96.4 Å². The third-order valence-electron chi connectivity index (χ3n) is 2.49. The second kappa shape index (κ2) is 6.85. The van der Waals surface area contributed by atoms with Crippen molar-refractivity contribution in [1.82, 2.24) is 4.90 Å². The van der Waals surface area contributed by atoms with Gasteiger partial charge in [0.05, 0.1) is 24.4 Å². The largest absolute Gasteiger partial charge is 0.395 e. The summed E-state index contributed by atoms with van der Waals surface area (Å²) in [4.78, 5) is 6.58. The number of aliphatic hydroxyl groups excluding tert-OH is 1. The molecule has 1 rings (SSSR count). The first-order valence-corrected chi connectivity index (χ1v) is 5.85. The molecular formula is C11H19ClN2O. The number of nitrogens with zero attached hydrogens (tertiary/aromatic N) is 2. The molecule has 15 heavy (non-hydrogen) atoms. The summed E-state index contributed by atoms with van der Waals surface area (Å²) >= 11 is 5.98. The number of halogens is 1. The zero-order valence-electron chi connectivity index (χ0n) is 9.03. The predicted octanol–water partition coefficient (Wildman–Crippen LogP) is 1.66. The minimum atomic E-state index is 0.167. The zero-order valence-corrected chi connectivity index (χ0v) is 9.79. The van der Waals surface area contributed by atoms with Gasteiger partial charge in [-0.25, -0.2) is 0 Å². The van der Waals surface area contributed by atoms with E-state index in [0.29, 0.717) is 13.1 Å². The summed E-state index contributed by atoms with van der Waals surface area (Å²) in [6, 6.07) is 0. The van der Waals surface area contributed by atoms with Gasteiger partial charge >= 0.3 is 0 Å². The van der Waals surface area contributed by atoms with E-state index in [-0.39, 0.29) is 12.0 Å². The molecule has 1 aliphatic heterocycles. The molecule has 0 aromatic carbocycles. The number of hydrogen-bond acceptors (Lipinski definition) is 3. The van der Waals surface area contributed by atoms with E-state index in [2.05, 4.69) is 16.5 Å². The van der Waals surface area contributed by atoms with Crippen molar-refractivity contribution in [3.05, 3.63) is 12.7 Å². The van der Waals surface area contributed by atoms with Crippen LogP contribution in [0.25, 0.3) is 0 Å². The maximum atomic E-state index is 8.97. The molecule has 1 unspecified atom stereocenters. The summed E-state index contributed by atoms with van der Waals surface area (Å²) in [5.41, 5.74) is 0. The van der Waals surface area contributed by atoms with Crippen molar-refractivity contribution in [2.24, 2.45) is 4.99 Å². The molecule has 0 saturated carbocycles. The number of alkyl halides is 1. The summed E-state index contributed by atoms with van der Waals surface area (Å²) < 4.78 is 0. The summed E-state index contributed by atoms with van der Waals surface area (Å²) in [6.07, 6.45) is 4.71. The van der Waals surface area contributed by atoms with Gasteiger partial charge in [0.25, 0.3) is 0 Å². The third-order valence-corrected chi connectivity index (χ3v) is 2.85. The number of hydrogen-bond donors (Lipinski definition) is 1. The van der Waals surface area contributed by atoms with Crippen LogP contribution in [0.3, 0.4) is 0 Å². The first-order valence-electron chi connectivity index (χ1n) is 5.42. The lowest BCUT2D eigenvalue weighted by molar-refractivity contribution is 0.248. The standard InChI is InChI=1S/C11H19ClN2O/c1-2-3-6-14(7-8-15)11-5-4-10(12)9-13-11/h2,10,15H,1,3-9H2. The van der Waals surface area contributed by atoms with Crippen molar-refractivity contribution in [3.8, 4) is 0 Å². The van der Waals surface area contributed by atoms with Crippen LogP contribution in [-0.4, -0.2) is 47.5 Å². The first kappa shape index (κ1) is 12.5. The van der Waals surface area contributed by atoms with Crippen molar-refractivity contribution in [2.75, 3.05) is 26.2 Å². The van der Waals surface area contributed by atoms with E-state index in [1.54, 1.807) is 0 Å². The van der Waals surface area contributed by atoms with Crippen molar-refractivity contribution in [3.63, 3.8) is 0 Å². The van der Waals surface area contributed by atoms with Crippen LogP contribution in [0.1, 0.15) is 19.3 Å². The maximum absolute atomic E-state index is 8.97. The summed E-state index contributed by atoms with van der Waals surface area (Å²) in [7, 11) is 0. The number of amidine groups is 1. The Morgan fingerprint density at radius 3 is 2.93 bits per heavy atom. The fourth-order valence-corrected chi connectivity index (χ4v) is 1.83. The Hall–Kier alpha value is -0.540. The van der Waals surface area contributed by atoms with Crippen LogP contribution < -0.4 is 0 Å². The molecule has 1 heterocycles. The average Bonchev–Trinajstić information content (AvgIpc) is 2.25. The lowest BCUT2D eigenvalue weighted by Gasteiger charge is -2.28. The number of aliphatic imine (C=N–C) groups is 1. The highest BCUT2D eigenvalue weighted by Crippen LogP contribution is 2.15. The van der Waals surface area contributed by atoms with E-state index >= 15 is 0 Å². The molecule has 86 valence electrons. The molecule has 0 aromatic rings. The van der Waals surface area contributed by atoms with Gasteiger partial charge in [-0.15, -0.1) is 18.2 Å². The van der Waals surface area contributed by atoms with E-state index in [1.165, 1.54) is 0 Å². The fraction of sp³-hybridized carbons (Fsp3) is 0.727. The molecule has 0 saturated heterocycles. The van der Waals surface area contributed by atoms with Crippen molar-refractivity contribution < 1.29 is 5.11 Å². The maximum Gasteiger partial charge on any atom is 0.0991 e. The predicted molar refractivity (Wildman–Crippen MR) is 64.6 cm³/mol. The smallest absolute Gasteiger partial charge is 0.0991 e. The molecule has 0 bridgehead atoms. The molecule has 0 spiro atoms. The lowest BCUT2D eigenvalue weighted by Crippen LogP contribution is -2.37. The molecule has 0 aromatic heterocycles. The van der Waals surface area contributed by atoms with Crippen LogP contribution >= 0.6 is 11.6 Å². The van der Waals surface area contributed by atoms with E-state index in [1.807, 2.05) is 6.08 Å². The molecule has 1 atom stereocenters. The van der Waals surface area contributed by atoms with Crippen molar-refractivity contribution >= 4 is 17.4 Å². The van der Waals surface area contributed by atoms with Gasteiger partial charge in [-0.05, 0) is 12.8 Å². The average molecular weight is 231 g/mol. The second-order valence-electron chi connectivity index (χ2n) is 3.68. The normalized spacial score (nSPS) is 20.9. The molecule has 0 fully saturated rings. The van der Waals surface area contributed by atoms with Gasteiger partial charge in [-0.3, -0.25) is 4.99 Å². The highest BCUT2D eigenvalue weighted by molar-refractivity contribution is 6.21. The Balaban J connectivity index is 2.50. The highest BCUT2D eigenvalue weighted by atomic mass is 35.5. The summed E-state index contributed by atoms with van der Waals surface area (Å²) in [6.45, 7) is 6.11. The van der Waals surface area contributed by atoms with Crippen LogP contribution in [0.4, 0.5) is 0 Å². The first-order chi connectivity index (χ1) is 7.27. The van der Waals surface area contributed by atoms with Crippen LogP contribution in [0.5, 0.6) is 0 Å². The van der Waals surface area contributed by atoms with Gasteiger partial charge in [-0.1, -0.05) is 6.08 Å². The zero-order chi connectivity index (χ0) is 11.1. The monoisotopic (exact) mass is 230 g/mol. The number of rotatable bonds is 5. The third kappa shape index (κ3) is 4.22. The van der Waals surface area contributed by atoms with E-state index < -0.39 is 0 Å². The molecule has 3 nitrogen and oxygen atoms in total. The van der Waals surface area contributed by atoms with Crippen LogP contribution in [0.2, 0.25) is 0 Å². The SMILES string of the molecule is C=CCCN(CCO)C1=NCC(Cl)CC1. The van der Waals surface area contributed by atoms with E-state index in [9.17, 15) is 0 Å². The Kier molecular flexibility index (Phi) is 5.73. The number of aliphatic hydroxyl groups is 1. The van der Waals surface area contributed by atoms with Gasteiger partial charge in [0.15, 0.2) is 0 Å². The van der Waals surface area contributed by atoms with Gasteiger partial charge in [0, 0.05) is 19.5 Å². The molecule has 0 aliphatic carbocycles. The molecule has 1 aliphatic rings. The summed E-state index contributed by atoms with van der Waals surface area (Å²) in [5.74, 6) is 1.09. The van der Waals surface area contributed by atoms with Crippen LogP contribution in [0.15, 0.2) is 17.6 Å². The second-order valence-corrected chi connectivity index (χ2v) is 4.30. The lowest BCUT2D eigenvalue weighted by atomic mass is 10.1. The topological polar surface area (TPSA) is 35.8 Å².